The number of hydrogen-bond donors (Lipinski definition) is 0. The second-order valence-electron chi connectivity index (χ2n) is 12.6. The lowest BCUT2D eigenvalue weighted by Crippen LogP contribution is -2.62. The molecule has 0 aliphatic heterocycles. The van der Waals surface area contributed by atoms with E-state index in [1.807, 2.05) is 0 Å². The molecule has 0 aromatic rings. The monoisotopic (exact) mass is 437 g/mol. The van der Waals surface area contributed by atoms with Crippen LogP contribution in [0.15, 0.2) is 0 Å². The van der Waals surface area contributed by atoms with Crippen LogP contribution in [0.1, 0.15) is 101 Å². The molecule has 2 saturated carbocycles. The maximum absolute atomic E-state index is 11.7. The maximum atomic E-state index is 11.7. The summed E-state index contributed by atoms with van der Waals surface area (Å²) >= 11 is 0. The van der Waals surface area contributed by atoms with Gasteiger partial charge in [0.25, 0.3) is 0 Å². The molecule has 0 amide bonds. The zero-order valence-electron chi connectivity index (χ0n) is 21.3. The Morgan fingerprint density at radius 1 is 0.900 bits per heavy atom. The third kappa shape index (κ3) is 5.34. The minimum Gasteiger partial charge on any atom is -0.548 e. The van der Waals surface area contributed by atoms with Gasteiger partial charge in [0.2, 0.25) is 8.32 Å². The minimum absolute atomic E-state index is 0.00775. The van der Waals surface area contributed by atoms with Crippen molar-refractivity contribution < 1.29 is 14.3 Å². The molecule has 6 atom stereocenters. The van der Waals surface area contributed by atoms with Crippen LogP contribution < -0.4 is 5.11 Å². The van der Waals surface area contributed by atoms with Crippen molar-refractivity contribution in [1.29, 1.82) is 0 Å². The number of aliphatic carboxylic acids is 1. The van der Waals surface area contributed by atoms with Crippen molar-refractivity contribution in [3.63, 3.8) is 0 Å². The molecular formula is C26H49O3Si-. The van der Waals surface area contributed by atoms with E-state index in [1.165, 1.54) is 38.5 Å². The molecular weight excluding hydrogens is 388 g/mol. The molecule has 2 aliphatic rings. The fraction of sp³-hybridized carbons (Fsp3) is 0.962. The Hall–Kier alpha value is -0.353. The van der Waals surface area contributed by atoms with E-state index in [0.29, 0.717) is 46.6 Å². The summed E-state index contributed by atoms with van der Waals surface area (Å²) < 4.78 is 6.87. The molecule has 176 valence electrons. The molecule has 0 aromatic carbocycles. The van der Waals surface area contributed by atoms with Crippen LogP contribution in [-0.4, -0.2) is 20.9 Å². The van der Waals surface area contributed by atoms with Crippen LogP contribution >= 0.6 is 0 Å². The summed E-state index contributed by atoms with van der Waals surface area (Å²) in [6.45, 7) is 21.1. The largest absolute Gasteiger partial charge is 0.548 e. The third-order valence-corrected chi connectivity index (χ3v) is 15.2. The summed E-state index contributed by atoms with van der Waals surface area (Å²) in [6.07, 6.45) is 7.52. The lowest BCUT2D eigenvalue weighted by Gasteiger charge is -2.60. The van der Waals surface area contributed by atoms with E-state index < -0.39 is 14.3 Å². The van der Waals surface area contributed by atoms with Crippen molar-refractivity contribution in [3.8, 4) is 0 Å². The first kappa shape index (κ1) is 25.9. The van der Waals surface area contributed by atoms with Crippen molar-refractivity contribution in [2.24, 2.45) is 35.5 Å². The molecule has 2 rings (SSSR count). The SMILES string of the molecule is CC1CCC(C(C)C)C([Si](OCC(=O)[O-])(C2CC(C)CCC2C(C)C)C(C)(C)C)C1. The molecule has 2 fully saturated rings. The van der Waals surface area contributed by atoms with Gasteiger partial charge in [-0.25, -0.2) is 0 Å². The van der Waals surface area contributed by atoms with E-state index in [9.17, 15) is 9.90 Å². The summed E-state index contributed by atoms with van der Waals surface area (Å²) in [5, 5.41) is 11.7. The van der Waals surface area contributed by atoms with Crippen LogP contribution in [0.3, 0.4) is 0 Å². The van der Waals surface area contributed by atoms with Gasteiger partial charge >= 0.3 is 0 Å². The zero-order valence-corrected chi connectivity index (χ0v) is 22.3. The van der Waals surface area contributed by atoms with Gasteiger partial charge in [0.05, 0.1) is 12.6 Å². The van der Waals surface area contributed by atoms with Gasteiger partial charge < -0.3 is 14.3 Å². The van der Waals surface area contributed by atoms with E-state index in [-0.39, 0.29) is 11.6 Å². The molecule has 0 radical (unpaired) electrons. The summed E-state index contributed by atoms with van der Waals surface area (Å²) in [6, 6.07) is 0. The smallest absolute Gasteiger partial charge is 0.205 e. The molecule has 0 heterocycles. The highest BCUT2D eigenvalue weighted by Gasteiger charge is 2.62. The predicted molar refractivity (Wildman–Crippen MR) is 127 cm³/mol. The van der Waals surface area contributed by atoms with Crippen molar-refractivity contribution in [3.05, 3.63) is 0 Å². The van der Waals surface area contributed by atoms with Crippen molar-refractivity contribution >= 4 is 14.3 Å². The third-order valence-electron chi connectivity index (χ3n) is 8.75. The number of hydrogen-bond acceptors (Lipinski definition) is 3. The molecule has 0 spiro atoms. The highest BCUT2D eigenvalue weighted by atomic mass is 28.4. The minimum atomic E-state index is -2.51. The summed E-state index contributed by atoms with van der Waals surface area (Å²) in [7, 11) is -2.51. The number of carboxylic acid groups (broad SMARTS) is 1. The Morgan fingerprint density at radius 2 is 1.30 bits per heavy atom. The van der Waals surface area contributed by atoms with Gasteiger partial charge in [-0.15, -0.1) is 0 Å². The Balaban J connectivity index is 2.68. The summed E-state index contributed by atoms with van der Waals surface area (Å²) in [5.41, 5.74) is 1.05. The van der Waals surface area contributed by atoms with E-state index in [4.69, 9.17) is 4.43 Å². The van der Waals surface area contributed by atoms with E-state index in [1.54, 1.807) is 0 Å². The van der Waals surface area contributed by atoms with E-state index >= 15 is 0 Å². The standard InChI is InChI=1S/C26H50O3Si/c1-17(2)21-12-10-19(5)14-23(21)30(26(7,8)9,29-16-25(27)28)24-15-20(6)11-13-22(24)18(3)4/h17-24H,10-16H2,1-9H3,(H,27,28)/p-1. The topological polar surface area (TPSA) is 49.4 Å². The normalized spacial score (nSPS) is 35.4. The van der Waals surface area contributed by atoms with Gasteiger partial charge in [-0.1, -0.05) is 75.2 Å². The maximum Gasteiger partial charge on any atom is 0.205 e. The average molecular weight is 438 g/mol. The van der Waals surface area contributed by atoms with Gasteiger partial charge in [0.1, 0.15) is 0 Å². The van der Waals surface area contributed by atoms with Gasteiger partial charge in [0.15, 0.2) is 0 Å². The molecule has 2 aliphatic carbocycles. The summed E-state index contributed by atoms with van der Waals surface area (Å²) in [4.78, 5) is 11.7. The quantitative estimate of drug-likeness (QED) is 0.432. The molecule has 30 heavy (non-hydrogen) atoms. The molecule has 0 aromatic heterocycles. The van der Waals surface area contributed by atoms with Crippen LogP contribution in [0.5, 0.6) is 0 Å². The number of carbonyl (C=O) groups is 1. The Morgan fingerprint density at radius 3 is 1.60 bits per heavy atom. The molecule has 0 saturated heterocycles. The zero-order chi connectivity index (χ0) is 22.9. The molecule has 3 nitrogen and oxygen atoms in total. The Labute approximate surface area is 187 Å². The van der Waals surface area contributed by atoms with Crippen molar-refractivity contribution in [2.45, 2.75) is 117 Å². The Kier molecular flexibility index (Phi) is 8.69. The molecule has 4 heteroatoms. The molecule has 0 bridgehead atoms. The summed E-state index contributed by atoms with van der Waals surface area (Å²) in [5.74, 6) is 2.85. The van der Waals surface area contributed by atoms with Crippen LogP contribution in [0, 0.1) is 35.5 Å². The highest BCUT2D eigenvalue weighted by molar-refractivity contribution is 6.79. The fourth-order valence-electron chi connectivity index (χ4n) is 7.39. The highest BCUT2D eigenvalue weighted by Crippen LogP contribution is 2.64. The second-order valence-corrected chi connectivity index (χ2v) is 17.4. The number of carboxylic acids is 1. The lowest BCUT2D eigenvalue weighted by atomic mass is 9.76. The predicted octanol–water partition coefficient (Wildman–Crippen LogP) is 6.42. The van der Waals surface area contributed by atoms with Gasteiger partial charge in [-0.2, -0.15) is 0 Å². The average Bonchev–Trinajstić information content (AvgIpc) is 2.60. The number of carbonyl (C=O) groups excluding carboxylic acids is 1. The van der Waals surface area contributed by atoms with E-state index in [0.717, 1.165) is 0 Å². The second kappa shape index (κ2) is 10.1. The first-order valence-electron chi connectivity index (χ1n) is 12.6. The van der Waals surface area contributed by atoms with Crippen molar-refractivity contribution in [1.82, 2.24) is 0 Å². The lowest BCUT2D eigenvalue weighted by molar-refractivity contribution is -0.307. The van der Waals surface area contributed by atoms with Gasteiger partial charge in [-0.3, -0.25) is 0 Å². The van der Waals surface area contributed by atoms with Crippen LogP contribution in [0.4, 0.5) is 0 Å². The molecule has 6 unspecified atom stereocenters. The molecule has 0 N–H and O–H groups in total. The van der Waals surface area contributed by atoms with Gasteiger partial charge in [-0.05, 0) is 77.3 Å². The van der Waals surface area contributed by atoms with Crippen LogP contribution in [-0.2, 0) is 9.22 Å². The first-order valence-corrected chi connectivity index (χ1v) is 14.7. The van der Waals surface area contributed by atoms with Crippen molar-refractivity contribution in [2.75, 3.05) is 6.61 Å². The first-order chi connectivity index (χ1) is 13.8. The van der Waals surface area contributed by atoms with Crippen LogP contribution in [0.2, 0.25) is 16.1 Å². The fourth-order valence-corrected chi connectivity index (χ4v) is 15.3. The Bertz CT molecular complexity index is 533. The number of rotatable bonds is 7. The van der Waals surface area contributed by atoms with E-state index in [2.05, 4.69) is 62.3 Å². The van der Waals surface area contributed by atoms with Gasteiger partial charge in [0, 0.05) is 0 Å². The van der Waals surface area contributed by atoms with Crippen LogP contribution in [0.25, 0.3) is 0 Å².